The van der Waals surface area contributed by atoms with Crippen LogP contribution >= 0.6 is 0 Å². The summed E-state index contributed by atoms with van der Waals surface area (Å²) in [6.45, 7) is 6.26. The lowest BCUT2D eigenvalue weighted by atomic mass is 10.2. The number of allylic oxidation sites excluding steroid dienone is 1. The molecule has 0 unspecified atom stereocenters. The second-order valence-corrected chi connectivity index (χ2v) is 5.41. The van der Waals surface area contributed by atoms with Crippen LogP contribution in [0.3, 0.4) is 0 Å². The minimum atomic E-state index is -0.823. The number of fused-ring (bicyclic) bond motifs is 1. The third kappa shape index (κ3) is 4.28. The molecule has 1 aromatic carbocycles. The van der Waals surface area contributed by atoms with Crippen LogP contribution in [0.25, 0.3) is 11.0 Å². The van der Waals surface area contributed by atoms with Crippen LogP contribution < -0.4 is 15.1 Å². The lowest BCUT2D eigenvalue weighted by Crippen LogP contribution is -2.09. The summed E-state index contributed by atoms with van der Waals surface area (Å²) in [5.74, 6) is 0.236. The Morgan fingerprint density at radius 2 is 2.09 bits per heavy atom. The van der Waals surface area contributed by atoms with E-state index in [1.54, 1.807) is 18.2 Å². The van der Waals surface area contributed by atoms with Gasteiger partial charge >= 0.3 is 5.63 Å². The van der Waals surface area contributed by atoms with E-state index < -0.39 is 11.4 Å². The van der Waals surface area contributed by atoms with Crippen molar-refractivity contribution in [3.05, 3.63) is 40.8 Å². The molecule has 1 heterocycles. The van der Waals surface area contributed by atoms with Gasteiger partial charge in [-0.1, -0.05) is 19.1 Å². The Labute approximate surface area is 135 Å². The molecule has 1 N–H and O–H groups in total. The van der Waals surface area contributed by atoms with Gasteiger partial charge < -0.3 is 19.0 Å². The van der Waals surface area contributed by atoms with E-state index in [1.165, 1.54) is 0 Å². The van der Waals surface area contributed by atoms with E-state index in [0.717, 1.165) is 12.8 Å². The van der Waals surface area contributed by atoms with Crippen LogP contribution in [0.15, 0.2) is 39.6 Å². The maximum Gasteiger partial charge on any atom is 0.382 e. The van der Waals surface area contributed by atoms with Crippen molar-refractivity contribution in [2.75, 3.05) is 6.61 Å². The van der Waals surface area contributed by atoms with Crippen LogP contribution in [0.4, 0.5) is 0 Å². The quantitative estimate of drug-likeness (QED) is 0.474. The summed E-state index contributed by atoms with van der Waals surface area (Å²) < 4.78 is 16.3. The van der Waals surface area contributed by atoms with Gasteiger partial charge in [0.15, 0.2) is 5.75 Å². The van der Waals surface area contributed by atoms with E-state index in [1.807, 2.05) is 13.8 Å². The molecule has 2 rings (SSSR count). The molecule has 0 aliphatic rings. The molecule has 0 saturated heterocycles. The topological polar surface area (TPSA) is 68.9 Å². The number of ether oxygens (including phenoxy) is 2. The first-order chi connectivity index (χ1) is 11.0. The largest absolute Gasteiger partial charge is 0.499 e. The average molecular weight is 318 g/mol. The zero-order valence-corrected chi connectivity index (χ0v) is 13.7. The standard InChI is InChI=1S/C18H22O5/c1-4-5-6-7-10-21-13-8-9-14-15(11-13)23-18(20)16(19)17(14)22-12(2)3/h5-6,8-9,11-12,19H,4,7,10H2,1-3H3/b6-5+. The smallest absolute Gasteiger partial charge is 0.382 e. The highest BCUT2D eigenvalue weighted by Gasteiger charge is 2.16. The number of benzene rings is 1. The van der Waals surface area contributed by atoms with Gasteiger partial charge in [-0.2, -0.15) is 0 Å². The minimum absolute atomic E-state index is 0.142. The predicted octanol–water partition coefficient (Wildman–Crippen LogP) is 4.02. The van der Waals surface area contributed by atoms with Crippen molar-refractivity contribution in [3.63, 3.8) is 0 Å². The summed E-state index contributed by atoms with van der Waals surface area (Å²) in [5.41, 5.74) is -0.499. The molecule has 124 valence electrons. The van der Waals surface area contributed by atoms with Crippen molar-refractivity contribution < 1.29 is 19.0 Å². The molecule has 0 amide bonds. The fourth-order valence-electron chi connectivity index (χ4n) is 2.12. The molecule has 1 aromatic heterocycles. The molecular weight excluding hydrogens is 296 g/mol. The minimum Gasteiger partial charge on any atom is -0.499 e. The highest BCUT2D eigenvalue weighted by Crippen LogP contribution is 2.34. The van der Waals surface area contributed by atoms with Crippen LogP contribution in [-0.4, -0.2) is 17.8 Å². The van der Waals surface area contributed by atoms with Crippen molar-refractivity contribution in [1.29, 1.82) is 0 Å². The first-order valence-corrected chi connectivity index (χ1v) is 7.77. The number of aromatic hydroxyl groups is 1. The molecule has 0 radical (unpaired) electrons. The maximum absolute atomic E-state index is 11.7. The fraction of sp³-hybridized carbons (Fsp3) is 0.389. The molecule has 5 heteroatoms. The zero-order valence-electron chi connectivity index (χ0n) is 13.7. The molecule has 0 aliphatic heterocycles. The van der Waals surface area contributed by atoms with Gasteiger partial charge in [0, 0.05) is 6.07 Å². The van der Waals surface area contributed by atoms with E-state index in [4.69, 9.17) is 13.9 Å². The molecular formula is C18H22O5. The Balaban J connectivity index is 2.27. The van der Waals surface area contributed by atoms with E-state index in [0.29, 0.717) is 23.3 Å². The third-order valence-electron chi connectivity index (χ3n) is 3.12. The summed E-state index contributed by atoms with van der Waals surface area (Å²) in [4.78, 5) is 11.7. The molecule has 0 saturated carbocycles. The molecule has 23 heavy (non-hydrogen) atoms. The van der Waals surface area contributed by atoms with Crippen LogP contribution in [-0.2, 0) is 0 Å². The maximum atomic E-state index is 11.7. The monoisotopic (exact) mass is 318 g/mol. The van der Waals surface area contributed by atoms with Crippen LogP contribution in [0, 0.1) is 0 Å². The number of hydrogen-bond donors (Lipinski definition) is 1. The first-order valence-electron chi connectivity index (χ1n) is 7.77. The van der Waals surface area contributed by atoms with Crippen molar-refractivity contribution in [2.45, 2.75) is 39.7 Å². The molecule has 0 spiro atoms. The van der Waals surface area contributed by atoms with Gasteiger partial charge in [-0.3, -0.25) is 0 Å². The van der Waals surface area contributed by atoms with Gasteiger partial charge in [-0.05, 0) is 38.8 Å². The zero-order chi connectivity index (χ0) is 16.8. The van der Waals surface area contributed by atoms with E-state index in [9.17, 15) is 9.90 Å². The van der Waals surface area contributed by atoms with Crippen molar-refractivity contribution in [1.82, 2.24) is 0 Å². The Morgan fingerprint density at radius 3 is 2.78 bits per heavy atom. The second kappa shape index (κ2) is 7.72. The van der Waals surface area contributed by atoms with E-state index >= 15 is 0 Å². The SMILES string of the molecule is CC/C=C/CCOc1ccc2c(OC(C)C)c(O)c(=O)oc2c1. The highest BCUT2D eigenvalue weighted by atomic mass is 16.5. The Kier molecular flexibility index (Phi) is 5.68. The van der Waals surface area contributed by atoms with Crippen molar-refractivity contribution in [3.8, 4) is 17.2 Å². The van der Waals surface area contributed by atoms with Gasteiger partial charge in [-0.25, -0.2) is 4.79 Å². The molecule has 0 atom stereocenters. The van der Waals surface area contributed by atoms with E-state index in [-0.39, 0.29) is 11.9 Å². The Morgan fingerprint density at radius 1 is 1.30 bits per heavy atom. The Bertz CT molecular complexity index is 743. The molecule has 0 fully saturated rings. The summed E-state index contributed by atoms with van der Waals surface area (Å²) in [6, 6.07) is 5.11. The third-order valence-corrected chi connectivity index (χ3v) is 3.12. The lowest BCUT2D eigenvalue weighted by Gasteiger charge is -2.13. The number of rotatable bonds is 7. The van der Waals surface area contributed by atoms with Crippen molar-refractivity contribution >= 4 is 11.0 Å². The van der Waals surface area contributed by atoms with Gasteiger partial charge in [0.05, 0.1) is 18.1 Å². The van der Waals surface area contributed by atoms with Gasteiger partial charge in [-0.15, -0.1) is 0 Å². The van der Waals surface area contributed by atoms with Gasteiger partial charge in [0.1, 0.15) is 11.3 Å². The van der Waals surface area contributed by atoms with Gasteiger partial charge in [0.25, 0.3) is 0 Å². The molecule has 5 nitrogen and oxygen atoms in total. The summed E-state index contributed by atoms with van der Waals surface area (Å²) in [7, 11) is 0. The lowest BCUT2D eigenvalue weighted by molar-refractivity contribution is 0.231. The van der Waals surface area contributed by atoms with Crippen LogP contribution in [0.2, 0.25) is 0 Å². The normalized spacial score (nSPS) is 11.5. The van der Waals surface area contributed by atoms with Crippen LogP contribution in [0.5, 0.6) is 17.2 Å². The average Bonchev–Trinajstić information content (AvgIpc) is 2.51. The fourth-order valence-corrected chi connectivity index (χ4v) is 2.12. The summed E-state index contributed by atoms with van der Waals surface area (Å²) in [5, 5.41) is 10.4. The first kappa shape index (κ1) is 16.9. The second-order valence-electron chi connectivity index (χ2n) is 5.41. The predicted molar refractivity (Wildman–Crippen MR) is 89.5 cm³/mol. The van der Waals surface area contributed by atoms with Gasteiger partial charge in [0.2, 0.25) is 5.75 Å². The number of hydrogen-bond acceptors (Lipinski definition) is 5. The Hall–Kier alpha value is -2.43. The van der Waals surface area contributed by atoms with Crippen molar-refractivity contribution in [2.24, 2.45) is 0 Å². The van der Waals surface area contributed by atoms with Crippen LogP contribution in [0.1, 0.15) is 33.6 Å². The molecule has 0 bridgehead atoms. The summed E-state index contributed by atoms with van der Waals surface area (Å²) >= 11 is 0. The molecule has 0 aliphatic carbocycles. The van der Waals surface area contributed by atoms with E-state index in [2.05, 4.69) is 19.1 Å². The highest BCUT2D eigenvalue weighted by molar-refractivity contribution is 5.86. The summed E-state index contributed by atoms with van der Waals surface area (Å²) in [6.07, 6.45) is 5.79. The molecule has 2 aromatic rings.